The minimum Gasteiger partial charge on any atom is -0.453 e. The average Bonchev–Trinajstić information content (AvgIpc) is 3.09. The number of aryl methyl sites for hydroxylation is 1. The summed E-state index contributed by atoms with van der Waals surface area (Å²) in [6.45, 7) is 4.77. The summed E-state index contributed by atoms with van der Waals surface area (Å²) in [5.74, 6) is 0. The SMILES string of the molecule is O=c1[nH]c2c3cccc(CCCN4CCOCC4)c3oc2c2ccccc12. The van der Waals surface area contributed by atoms with Crippen LogP contribution in [-0.4, -0.2) is 42.7 Å². The maximum Gasteiger partial charge on any atom is 0.256 e. The minimum absolute atomic E-state index is 0.0708. The van der Waals surface area contributed by atoms with Crippen molar-refractivity contribution in [3.8, 4) is 0 Å². The van der Waals surface area contributed by atoms with E-state index in [9.17, 15) is 4.79 Å². The van der Waals surface area contributed by atoms with Gasteiger partial charge < -0.3 is 14.1 Å². The van der Waals surface area contributed by atoms with Crippen molar-refractivity contribution in [1.82, 2.24) is 9.88 Å². The molecule has 3 heterocycles. The van der Waals surface area contributed by atoms with Crippen molar-refractivity contribution in [3.05, 3.63) is 58.4 Å². The highest BCUT2D eigenvalue weighted by atomic mass is 16.5. The van der Waals surface area contributed by atoms with Crippen molar-refractivity contribution in [2.75, 3.05) is 32.8 Å². The first kappa shape index (κ1) is 16.5. The normalized spacial score (nSPS) is 15.9. The van der Waals surface area contributed by atoms with E-state index >= 15 is 0 Å². The average molecular weight is 362 g/mol. The number of pyridine rings is 1. The second-order valence-electron chi connectivity index (χ2n) is 7.16. The van der Waals surface area contributed by atoms with Crippen LogP contribution in [0.1, 0.15) is 12.0 Å². The molecule has 1 aliphatic heterocycles. The van der Waals surface area contributed by atoms with Gasteiger partial charge in [0.1, 0.15) is 5.58 Å². The minimum atomic E-state index is -0.0708. The third-order valence-corrected chi connectivity index (χ3v) is 5.48. The molecule has 0 amide bonds. The summed E-state index contributed by atoms with van der Waals surface area (Å²) in [5.41, 5.74) is 3.58. The Bertz CT molecular complexity index is 1170. The standard InChI is InChI=1S/C22H22N2O3/c25-22-17-8-2-1-7-16(17)21-19(23-22)18-9-3-5-15(20(18)27-21)6-4-10-24-11-13-26-14-12-24/h1-3,5,7-9H,4,6,10-14H2,(H,23,25). The molecule has 0 unspecified atom stereocenters. The number of ether oxygens (including phenoxy) is 1. The Labute approximate surface area is 156 Å². The van der Waals surface area contributed by atoms with Crippen LogP contribution in [0.2, 0.25) is 0 Å². The quantitative estimate of drug-likeness (QED) is 0.601. The maximum absolute atomic E-state index is 12.5. The zero-order valence-corrected chi connectivity index (χ0v) is 15.2. The molecule has 2 aromatic carbocycles. The number of aromatic amines is 1. The lowest BCUT2D eigenvalue weighted by molar-refractivity contribution is 0.0375. The predicted octanol–water partition coefficient (Wildman–Crippen LogP) is 3.69. The van der Waals surface area contributed by atoms with Gasteiger partial charge in [-0.1, -0.05) is 30.3 Å². The number of hydrogen-bond acceptors (Lipinski definition) is 4. The first-order valence-corrected chi connectivity index (χ1v) is 9.56. The van der Waals surface area contributed by atoms with E-state index in [0.717, 1.165) is 73.1 Å². The maximum atomic E-state index is 12.5. The number of benzene rings is 2. The van der Waals surface area contributed by atoms with Gasteiger partial charge in [-0.3, -0.25) is 9.69 Å². The molecular formula is C22H22N2O3. The highest BCUT2D eigenvalue weighted by Gasteiger charge is 2.16. The van der Waals surface area contributed by atoms with E-state index in [2.05, 4.69) is 22.0 Å². The largest absolute Gasteiger partial charge is 0.453 e. The Hall–Kier alpha value is -2.63. The van der Waals surface area contributed by atoms with Gasteiger partial charge in [0.05, 0.1) is 24.1 Å². The third-order valence-electron chi connectivity index (χ3n) is 5.48. The molecule has 27 heavy (non-hydrogen) atoms. The van der Waals surface area contributed by atoms with Gasteiger partial charge in [-0.15, -0.1) is 0 Å². The van der Waals surface area contributed by atoms with Gasteiger partial charge in [0.2, 0.25) is 0 Å². The number of furan rings is 1. The second-order valence-corrected chi connectivity index (χ2v) is 7.16. The van der Waals surface area contributed by atoms with Crippen LogP contribution >= 0.6 is 0 Å². The van der Waals surface area contributed by atoms with Gasteiger partial charge in [0.15, 0.2) is 5.58 Å². The van der Waals surface area contributed by atoms with Crippen LogP contribution in [0.15, 0.2) is 51.7 Å². The third kappa shape index (κ3) is 2.93. The fraction of sp³-hybridized carbons (Fsp3) is 0.318. The van der Waals surface area contributed by atoms with Crippen molar-refractivity contribution >= 4 is 32.8 Å². The zero-order valence-electron chi connectivity index (χ0n) is 15.2. The van der Waals surface area contributed by atoms with E-state index in [1.54, 1.807) is 0 Å². The summed E-state index contributed by atoms with van der Waals surface area (Å²) >= 11 is 0. The van der Waals surface area contributed by atoms with Gasteiger partial charge in [-0.05, 0) is 37.1 Å². The van der Waals surface area contributed by atoms with Crippen LogP contribution < -0.4 is 5.56 Å². The van der Waals surface area contributed by atoms with Crippen molar-refractivity contribution in [2.45, 2.75) is 12.8 Å². The Balaban J connectivity index is 1.53. The molecule has 1 fully saturated rings. The molecule has 0 bridgehead atoms. The van der Waals surface area contributed by atoms with Crippen LogP contribution in [0.4, 0.5) is 0 Å². The molecule has 0 atom stereocenters. The number of nitrogens with zero attached hydrogens (tertiary/aromatic N) is 1. The smallest absolute Gasteiger partial charge is 0.256 e. The molecule has 5 rings (SSSR count). The molecule has 4 aromatic rings. The number of H-pyrrole nitrogens is 1. The predicted molar refractivity (Wildman–Crippen MR) is 107 cm³/mol. The number of hydrogen-bond donors (Lipinski definition) is 1. The van der Waals surface area contributed by atoms with Gasteiger partial charge >= 0.3 is 0 Å². The van der Waals surface area contributed by atoms with Crippen LogP contribution in [0.3, 0.4) is 0 Å². The molecular weight excluding hydrogens is 340 g/mol. The summed E-state index contributed by atoms with van der Waals surface area (Å²) in [6.07, 6.45) is 2.03. The van der Waals surface area contributed by atoms with E-state index in [1.165, 1.54) is 5.56 Å². The molecule has 0 radical (unpaired) electrons. The number of morpholine rings is 1. The van der Waals surface area contributed by atoms with Gasteiger partial charge in [-0.25, -0.2) is 0 Å². The van der Waals surface area contributed by atoms with E-state index in [1.807, 2.05) is 30.3 Å². The fourth-order valence-corrected chi connectivity index (χ4v) is 4.07. The summed E-state index contributed by atoms with van der Waals surface area (Å²) in [5, 5.41) is 2.52. The van der Waals surface area contributed by atoms with Gasteiger partial charge in [-0.2, -0.15) is 0 Å². The Kier molecular flexibility index (Phi) is 4.19. The fourth-order valence-electron chi connectivity index (χ4n) is 4.07. The molecule has 1 N–H and O–H groups in total. The van der Waals surface area contributed by atoms with E-state index in [-0.39, 0.29) is 5.56 Å². The Morgan fingerprint density at radius 3 is 2.56 bits per heavy atom. The molecule has 1 saturated heterocycles. The number of para-hydroxylation sites is 1. The molecule has 5 nitrogen and oxygen atoms in total. The zero-order chi connectivity index (χ0) is 18.2. The summed E-state index contributed by atoms with van der Waals surface area (Å²) in [7, 11) is 0. The molecule has 1 aliphatic rings. The van der Waals surface area contributed by atoms with E-state index in [0.29, 0.717) is 5.39 Å². The monoisotopic (exact) mass is 362 g/mol. The van der Waals surface area contributed by atoms with Crippen LogP contribution in [-0.2, 0) is 11.2 Å². The Morgan fingerprint density at radius 1 is 0.926 bits per heavy atom. The number of aromatic nitrogens is 1. The summed E-state index contributed by atoms with van der Waals surface area (Å²) in [4.78, 5) is 17.9. The van der Waals surface area contributed by atoms with E-state index < -0.39 is 0 Å². The van der Waals surface area contributed by atoms with E-state index in [4.69, 9.17) is 9.15 Å². The first-order chi connectivity index (χ1) is 13.3. The number of nitrogens with one attached hydrogen (secondary N) is 1. The topological polar surface area (TPSA) is 58.5 Å². The van der Waals surface area contributed by atoms with Crippen LogP contribution in [0.5, 0.6) is 0 Å². The highest BCUT2D eigenvalue weighted by Crippen LogP contribution is 2.33. The van der Waals surface area contributed by atoms with Crippen molar-refractivity contribution < 1.29 is 9.15 Å². The molecule has 138 valence electrons. The molecule has 0 spiro atoms. The molecule has 2 aromatic heterocycles. The lowest BCUT2D eigenvalue weighted by atomic mass is 10.1. The molecule has 0 aliphatic carbocycles. The lowest BCUT2D eigenvalue weighted by Gasteiger charge is -2.26. The number of rotatable bonds is 4. The van der Waals surface area contributed by atoms with Gasteiger partial charge in [0, 0.05) is 23.9 Å². The van der Waals surface area contributed by atoms with Gasteiger partial charge in [0.25, 0.3) is 5.56 Å². The Morgan fingerprint density at radius 2 is 1.70 bits per heavy atom. The second kappa shape index (κ2) is 6.83. The lowest BCUT2D eigenvalue weighted by Crippen LogP contribution is -2.36. The molecule has 5 heteroatoms. The summed E-state index contributed by atoms with van der Waals surface area (Å²) < 4.78 is 11.7. The highest BCUT2D eigenvalue weighted by molar-refractivity contribution is 6.12. The summed E-state index contributed by atoms with van der Waals surface area (Å²) in [6, 6.07) is 13.8. The van der Waals surface area contributed by atoms with Crippen molar-refractivity contribution in [2.24, 2.45) is 0 Å². The van der Waals surface area contributed by atoms with Crippen LogP contribution in [0.25, 0.3) is 32.8 Å². The van der Waals surface area contributed by atoms with Crippen molar-refractivity contribution in [1.29, 1.82) is 0 Å². The first-order valence-electron chi connectivity index (χ1n) is 9.56. The molecule has 0 saturated carbocycles. The van der Waals surface area contributed by atoms with Crippen molar-refractivity contribution in [3.63, 3.8) is 0 Å². The number of fused-ring (bicyclic) bond motifs is 5. The van der Waals surface area contributed by atoms with Crippen LogP contribution in [0, 0.1) is 0 Å².